The first-order valence-corrected chi connectivity index (χ1v) is 10.9. The predicted molar refractivity (Wildman–Crippen MR) is 121 cm³/mol. The number of pyridine rings is 1. The minimum Gasteiger partial charge on any atom is -0.459 e. The summed E-state index contributed by atoms with van der Waals surface area (Å²) < 4.78 is 6.79. The van der Waals surface area contributed by atoms with Gasteiger partial charge in [0.25, 0.3) is 11.5 Å². The number of carbonyl (C=O) groups excluding carboxylic acids is 2. The number of nitrogens with zero attached hydrogens (tertiary/aromatic N) is 3. The molecule has 4 rings (SSSR count). The van der Waals surface area contributed by atoms with Crippen LogP contribution in [0, 0.1) is 19.8 Å². The summed E-state index contributed by atoms with van der Waals surface area (Å²) in [6.07, 6.45) is 2.87. The van der Waals surface area contributed by atoms with Gasteiger partial charge in [-0.3, -0.25) is 18.8 Å². The standard InChI is InChI=1S/C24H24ClN3O4/c1-15-8-16(2)10-18(9-15)23(30)27-7-3-4-17(12-27)24(31)32-14-20-11-22(29)28-13-19(25)5-6-21(28)26-20/h5-6,8-11,13,17H,3-4,7,12,14H2,1-2H3. The maximum absolute atomic E-state index is 13.0. The summed E-state index contributed by atoms with van der Waals surface area (Å²) in [5, 5.41) is 0.429. The Balaban J connectivity index is 1.41. The maximum atomic E-state index is 13.0. The number of hydrogen-bond acceptors (Lipinski definition) is 5. The normalized spacial score (nSPS) is 16.2. The molecular weight excluding hydrogens is 430 g/mol. The van der Waals surface area contributed by atoms with E-state index in [0.717, 1.165) is 17.5 Å². The van der Waals surface area contributed by atoms with E-state index in [9.17, 15) is 14.4 Å². The van der Waals surface area contributed by atoms with Crippen LogP contribution in [0.25, 0.3) is 5.65 Å². The molecule has 8 heteroatoms. The van der Waals surface area contributed by atoms with Crippen LogP contribution in [0.4, 0.5) is 0 Å². The second-order valence-corrected chi connectivity index (χ2v) is 8.67. The lowest BCUT2D eigenvalue weighted by Crippen LogP contribution is -2.42. The van der Waals surface area contributed by atoms with E-state index < -0.39 is 5.92 Å². The zero-order chi connectivity index (χ0) is 22.8. The molecular formula is C24H24ClN3O4. The molecule has 0 saturated carbocycles. The third kappa shape index (κ3) is 4.83. The summed E-state index contributed by atoms with van der Waals surface area (Å²) in [6.45, 7) is 4.75. The van der Waals surface area contributed by atoms with E-state index >= 15 is 0 Å². The van der Waals surface area contributed by atoms with Gasteiger partial charge in [0.05, 0.1) is 16.6 Å². The Labute approximate surface area is 190 Å². The summed E-state index contributed by atoms with van der Waals surface area (Å²) >= 11 is 5.92. The number of halogens is 1. The number of ether oxygens (including phenoxy) is 1. The summed E-state index contributed by atoms with van der Waals surface area (Å²) in [5.74, 6) is -0.864. The molecule has 1 aliphatic rings. The van der Waals surface area contributed by atoms with Gasteiger partial charge in [-0.05, 0) is 51.0 Å². The van der Waals surface area contributed by atoms with Crippen molar-refractivity contribution in [2.75, 3.05) is 13.1 Å². The van der Waals surface area contributed by atoms with Crippen molar-refractivity contribution in [3.8, 4) is 0 Å². The Morgan fingerprint density at radius 1 is 1.16 bits per heavy atom. The van der Waals surface area contributed by atoms with Gasteiger partial charge in [0.2, 0.25) is 0 Å². The average Bonchev–Trinajstić information content (AvgIpc) is 2.77. The van der Waals surface area contributed by atoms with Gasteiger partial charge in [0.1, 0.15) is 12.3 Å². The molecule has 1 fully saturated rings. The number of carbonyl (C=O) groups is 2. The number of piperidine rings is 1. The van der Waals surface area contributed by atoms with Crippen LogP contribution in [0.15, 0.2) is 47.4 Å². The van der Waals surface area contributed by atoms with Gasteiger partial charge in [-0.1, -0.05) is 28.8 Å². The van der Waals surface area contributed by atoms with E-state index in [1.807, 2.05) is 32.0 Å². The minimum atomic E-state index is -0.404. The van der Waals surface area contributed by atoms with Crippen molar-refractivity contribution in [2.45, 2.75) is 33.3 Å². The van der Waals surface area contributed by atoms with Gasteiger partial charge in [-0.25, -0.2) is 4.98 Å². The molecule has 0 bridgehead atoms. The molecule has 1 aliphatic heterocycles. The Bertz CT molecular complexity index is 1230. The third-order valence-electron chi connectivity index (χ3n) is 5.55. The van der Waals surface area contributed by atoms with E-state index in [1.54, 1.807) is 17.0 Å². The SMILES string of the molecule is Cc1cc(C)cc(C(=O)N2CCCC(C(=O)OCc3cc(=O)n4cc(Cl)ccc4n3)C2)c1. The molecule has 7 nitrogen and oxygen atoms in total. The fourth-order valence-corrected chi connectivity index (χ4v) is 4.26. The van der Waals surface area contributed by atoms with E-state index in [1.165, 1.54) is 16.7 Å². The molecule has 0 radical (unpaired) electrons. The monoisotopic (exact) mass is 453 g/mol. The highest BCUT2D eigenvalue weighted by Crippen LogP contribution is 2.21. The van der Waals surface area contributed by atoms with Crippen molar-refractivity contribution < 1.29 is 14.3 Å². The molecule has 3 heterocycles. The number of aromatic nitrogens is 2. The Morgan fingerprint density at radius 3 is 2.66 bits per heavy atom. The van der Waals surface area contributed by atoms with Crippen LogP contribution in [0.5, 0.6) is 0 Å². The highest BCUT2D eigenvalue weighted by atomic mass is 35.5. The molecule has 0 N–H and O–H groups in total. The van der Waals surface area contributed by atoms with Crippen LogP contribution in [0.3, 0.4) is 0 Å². The molecule has 1 amide bonds. The predicted octanol–water partition coefficient (Wildman–Crippen LogP) is 3.56. The van der Waals surface area contributed by atoms with Gasteiger partial charge in [0.15, 0.2) is 0 Å². The molecule has 32 heavy (non-hydrogen) atoms. The highest BCUT2D eigenvalue weighted by Gasteiger charge is 2.30. The lowest BCUT2D eigenvalue weighted by molar-refractivity contribution is -0.151. The molecule has 1 saturated heterocycles. The molecule has 2 aromatic heterocycles. The van der Waals surface area contributed by atoms with Crippen molar-refractivity contribution >= 4 is 29.1 Å². The number of hydrogen-bond donors (Lipinski definition) is 0. The number of benzene rings is 1. The minimum absolute atomic E-state index is 0.0721. The first-order chi connectivity index (χ1) is 15.3. The second-order valence-electron chi connectivity index (χ2n) is 8.24. The summed E-state index contributed by atoms with van der Waals surface area (Å²) in [5.41, 5.74) is 3.19. The van der Waals surface area contributed by atoms with Crippen LogP contribution >= 0.6 is 11.6 Å². The Hall–Kier alpha value is -3.19. The van der Waals surface area contributed by atoms with E-state index in [-0.39, 0.29) is 24.0 Å². The van der Waals surface area contributed by atoms with Gasteiger partial charge < -0.3 is 9.64 Å². The lowest BCUT2D eigenvalue weighted by atomic mass is 9.97. The molecule has 166 valence electrons. The topological polar surface area (TPSA) is 81.0 Å². The lowest BCUT2D eigenvalue weighted by Gasteiger charge is -2.31. The zero-order valence-electron chi connectivity index (χ0n) is 18.0. The smallest absolute Gasteiger partial charge is 0.311 e. The molecule has 0 spiro atoms. The first-order valence-electron chi connectivity index (χ1n) is 10.5. The van der Waals surface area contributed by atoms with Crippen molar-refractivity contribution in [1.82, 2.24) is 14.3 Å². The number of aryl methyl sites for hydroxylation is 2. The van der Waals surface area contributed by atoms with Gasteiger partial charge in [-0.2, -0.15) is 0 Å². The fraction of sp³-hybridized carbons (Fsp3) is 0.333. The summed E-state index contributed by atoms with van der Waals surface area (Å²) in [6, 6.07) is 10.4. The van der Waals surface area contributed by atoms with Crippen LogP contribution in [-0.4, -0.2) is 39.3 Å². The summed E-state index contributed by atoms with van der Waals surface area (Å²) in [4.78, 5) is 44.0. The highest BCUT2D eigenvalue weighted by molar-refractivity contribution is 6.30. The van der Waals surface area contributed by atoms with Crippen molar-refractivity contribution in [3.05, 3.63) is 80.4 Å². The van der Waals surface area contributed by atoms with Crippen molar-refractivity contribution in [1.29, 1.82) is 0 Å². The summed E-state index contributed by atoms with van der Waals surface area (Å²) in [7, 11) is 0. The van der Waals surface area contributed by atoms with Gasteiger partial charge in [-0.15, -0.1) is 0 Å². The fourth-order valence-electron chi connectivity index (χ4n) is 4.10. The second kappa shape index (κ2) is 9.12. The number of esters is 1. The van der Waals surface area contributed by atoms with Crippen LogP contribution in [-0.2, 0) is 16.1 Å². The Morgan fingerprint density at radius 2 is 1.91 bits per heavy atom. The number of amides is 1. The van der Waals surface area contributed by atoms with Crippen LogP contribution in [0.2, 0.25) is 5.02 Å². The van der Waals surface area contributed by atoms with Gasteiger partial charge in [0, 0.05) is 30.9 Å². The molecule has 1 aromatic carbocycles. The van der Waals surface area contributed by atoms with Crippen LogP contribution < -0.4 is 5.56 Å². The number of fused-ring (bicyclic) bond motifs is 1. The van der Waals surface area contributed by atoms with Crippen LogP contribution in [0.1, 0.15) is 40.0 Å². The van der Waals surface area contributed by atoms with E-state index in [0.29, 0.717) is 41.4 Å². The molecule has 1 atom stereocenters. The number of likely N-dealkylation sites (tertiary alicyclic amines) is 1. The average molecular weight is 454 g/mol. The third-order valence-corrected chi connectivity index (χ3v) is 5.77. The number of rotatable bonds is 4. The van der Waals surface area contributed by atoms with E-state index in [2.05, 4.69) is 4.98 Å². The van der Waals surface area contributed by atoms with E-state index in [4.69, 9.17) is 16.3 Å². The van der Waals surface area contributed by atoms with Crippen molar-refractivity contribution in [2.24, 2.45) is 5.92 Å². The molecule has 3 aromatic rings. The molecule has 1 unspecified atom stereocenters. The zero-order valence-corrected chi connectivity index (χ0v) is 18.8. The first kappa shape index (κ1) is 22.0. The maximum Gasteiger partial charge on any atom is 0.311 e. The van der Waals surface area contributed by atoms with Gasteiger partial charge >= 0.3 is 5.97 Å². The quantitative estimate of drug-likeness (QED) is 0.564. The van der Waals surface area contributed by atoms with Crippen molar-refractivity contribution in [3.63, 3.8) is 0 Å². The molecule has 0 aliphatic carbocycles. The largest absolute Gasteiger partial charge is 0.459 e. The Kier molecular flexibility index (Phi) is 6.28.